The van der Waals surface area contributed by atoms with Gasteiger partial charge in [-0.1, -0.05) is 32.4 Å². The van der Waals surface area contributed by atoms with Crippen molar-refractivity contribution in [3.63, 3.8) is 0 Å². The maximum absolute atomic E-state index is 13.9. The Morgan fingerprint density at radius 2 is 1.91 bits per heavy atom. The molecule has 4 rings (SSSR count). The summed E-state index contributed by atoms with van der Waals surface area (Å²) in [7, 11) is 0. The van der Waals surface area contributed by atoms with Gasteiger partial charge in [0.25, 0.3) is 0 Å². The van der Waals surface area contributed by atoms with E-state index in [-0.39, 0.29) is 47.9 Å². The zero-order valence-electron chi connectivity index (χ0n) is 18.8. The molecule has 0 aromatic carbocycles. The van der Waals surface area contributed by atoms with Gasteiger partial charge >= 0.3 is 5.97 Å². The molecule has 0 amide bonds. The van der Waals surface area contributed by atoms with Crippen LogP contribution in [0.5, 0.6) is 0 Å². The van der Waals surface area contributed by atoms with Crippen LogP contribution in [-0.2, 0) is 23.9 Å². The second kappa shape index (κ2) is 7.80. The molecule has 5 nitrogen and oxygen atoms in total. The second-order valence-corrected chi connectivity index (χ2v) is 11.1. The highest BCUT2D eigenvalue weighted by atomic mass is 35.5. The molecular formula is C25H30Cl2O5. The Labute approximate surface area is 198 Å². The normalized spacial score (nSPS) is 42.6. The fourth-order valence-electron chi connectivity index (χ4n) is 7.17. The fraction of sp³-hybridized carbons (Fsp3) is 0.680. The SMILES string of the molecule is CCCC(=O)O[C@]1(C(=O)CCl)CC[C@H]2[C@@H]3CCC4=CC(=O)C=C[C@]4(C)[C@@]3(Cl)C(=O)C[C@@]21C. The summed E-state index contributed by atoms with van der Waals surface area (Å²) < 4.78 is 5.93. The summed E-state index contributed by atoms with van der Waals surface area (Å²) in [5.74, 6) is -1.57. The fourth-order valence-corrected chi connectivity index (χ4v) is 7.89. The molecule has 0 aromatic rings. The summed E-state index contributed by atoms with van der Waals surface area (Å²) in [5, 5.41) is 0. The van der Waals surface area contributed by atoms with Crippen molar-refractivity contribution < 1.29 is 23.9 Å². The second-order valence-electron chi connectivity index (χ2n) is 10.2. The summed E-state index contributed by atoms with van der Waals surface area (Å²) in [4.78, 5) is 50.4. The van der Waals surface area contributed by atoms with Gasteiger partial charge in [-0.15, -0.1) is 23.2 Å². The lowest BCUT2D eigenvalue weighted by Gasteiger charge is -2.61. The zero-order chi connectivity index (χ0) is 23.5. The van der Waals surface area contributed by atoms with Crippen LogP contribution in [0.3, 0.4) is 0 Å². The third-order valence-corrected chi connectivity index (χ3v) is 9.96. The molecule has 0 heterocycles. The van der Waals surface area contributed by atoms with Gasteiger partial charge in [-0.25, -0.2) is 0 Å². The minimum Gasteiger partial charge on any atom is -0.450 e. The predicted octanol–water partition coefficient (Wildman–Crippen LogP) is 4.72. The highest BCUT2D eigenvalue weighted by Crippen LogP contribution is 2.70. The van der Waals surface area contributed by atoms with Gasteiger partial charge in [0.1, 0.15) is 4.87 Å². The first-order valence-electron chi connectivity index (χ1n) is 11.5. The summed E-state index contributed by atoms with van der Waals surface area (Å²) in [6.07, 6.45) is 8.03. The molecule has 0 spiro atoms. The number of allylic oxidation sites excluding steroid dienone is 4. The average Bonchev–Trinajstić information content (AvgIpc) is 3.02. The van der Waals surface area contributed by atoms with E-state index in [9.17, 15) is 19.2 Å². The minimum absolute atomic E-state index is 0.0321. The third-order valence-electron chi connectivity index (χ3n) is 8.84. The lowest BCUT2D eigenvalue weighted by atomic mass is 9.46. The van der Waals surface area contributed by atoms with E-state index in [0.717, 1.165) is 5.57 Å². The minimum atomic E-state index is -1.41. The number of Topliss-reactive ketones (excluding diaryl/α,β-unsaturated/α-hetero) is 2. The van der Waals surface area contributed by atoms with Gasteiger partial charge in [-0.2, -0.15) is 0 Å². The summed E-state index contributed by atoms with van der Waals surface area (Å²) in [6.45, 7) is 5.71. The molecule has 174 valence electrons. The van der Waals surface area contributed by atoms with Crippen LogP contribution in [0.2, 0.25) is 0 Å². The molecule has 0 aliphatic heterocycles. The summed E-state index contributed by atoms with van der Waals surface area (Å²) >= 11 is 13.3. The molecular weight excluding hydrogens is 451 g/mol. The van der Waals surface area contributed by atoms with Crippen LogP contribution < -0.4 is 0 Å². The standard InChI is InChI=1S/C25H30Cl2O5/c1-4-5-21(31)32-24(20(30)14-26)11-9-17-18-7-6-15-12-16(28)8-10-22(15,2)25(18,27)19(29)13-23(17,24)3/h8,10,12,17-18H,4-7,9,11,13-14H2,1-3H3/t17-,18-,22-,23-,24-,25-/m0/s1. The van der Waals surface area contributed by atoms with Gasteiger partial charge in [0.15, 0.2) is 23.0 Å². The van der Waals surface area contributed by atoms with Crippen LogP contribution in [0.4, 0.5) is 0 Å². The maximum atomic E-state index is 13.9. The number of rotatable bonds is 5. The number of halogens is 2. The highest BCUT2D eigenvalue weighted by Gasteiger charge is 2.74. The molecule has 7 heteroatoms. The van der Waals surface area contributed by atoms with E-state index in [1.165, 1.54) is 6.08 Å². The number of carbonyl (C=O) groups excluding carboxylic acids is 4. The van der Waals surface area contributed by atoms with Crippen LogP contribution >= 0.6 is 23.2 Å². The number of carbonyl (C=O) groups is 4. The van der Waals surface area contributed by atoms with E-state index in [1.54, 1.807) is 12.2 Å². The maximum Gasteiger partial charge on any atom is 0.306 e. The smallest absolute Gasteiger partial charge is 0.306 e. The van der Waals surface area contributed by atoms with E-state index in [4.69, 9.17) is 27.9 Å². The number of ether oxygens (including phenoxy) is 1. The number of hydrogen-bond donors (Lipinski definition) is 0. The predicted molar refractivity (Wildman–Crippen MR) is 122 cm³/mol. The van der Waals surface area contributed by atoms with E-state index in [0.29, 0.717) is 32.1 Å². The topological polar surface area (TPSA) is 77.5 Å². The number of ketones is 3. The molecule has 3 fully saturated rings. The molecule has 6 atom stereocenters. The highest BCUT2D eigenvalue weighted by molar-refractivity contribution is 6.37. The van der Waals surface area contributed by atoms with Crippen LogP contribution in [0.25, 0.3) is 0 Å². The molecule has 32 heavy (non-hydrogen) atoms. The number of fused-ring (bicyclic) bond motifs is 5. The monoisotopic (exact) mass is 480 g/mol. The molecule has 0 bridgehead atoms. The van der Waals surface area contributed by atoms with Crippen molar-refractivity contribution in [2.45, 2.75) is 76.2 Å². The molecule has 4 aliphatic rings. The van der Waals surface area contributed by atoms with E-state index in [2.05, 4.69) is 0 Å². The van der Waals surface area contributed by atoms with Crippen molar-refractivity contribution in [2.24, 2.45) is 22.7 Å². The molecule has 0 unspecified atom stereocenters. The van der Waals surface area contributed by atoms with Crippen LogP contribution in [0.1, 0.15) is 65.7 Å². The number of hydrogen-bond acceptors (Lipinski definition) is 5. The number of esters is 1. The van der Waals surface area contributed by atoms with Gasteiger partial charge < -0.3 is 4.74 Å². The third kappa shape index (κ3) is 2.89. The van der Waals surface area contributed by atoms with Gasteiger partial charge in [-0.3, -0.25) is 19.2 Å². The van der Waals surface area contributed by atoms with Crippen molar-refractivity contribution in [3.05, 3.63) is 23.8 Å². The van der Waals surface area contributed by atoms with Gasteiger partial charge in [-0.05, 0) is 56.1 Å². The summed E-state index contributed by atoms with van der Waals surface area (Å²) in [5.41, 5.74) is -2.14. The Morgan fingerprint density at radius 1 is 1.19 bits per heavy atom. The van der Waals surface area contributed by atoms with Crippen molar-refractivity contribution in [1.82, 2.24) is 0 Å². The zero-order valence-corrected chi connectivity index (χ0v) is 20.4. The van der Waals surface area contributed by atoms with E-state index in [1.807, 2.05) is 20.8 Å². The molecule has 0 N–H and O–H groups in total. The average molecular weight is 481 g/mol. The van der Waals surface area contributed by atoms with Crippen LogP contribution in [0.15, 0.2) is 23.8 Å². The Bertz CT molecular complexity index is 954. The Balaban J connectivity index is 1.80. The first kappa shape index (κ1) is 23.7. The largest absolute Gasteiger partial charge is 0.450 e. The van der Waals surface area contributed by atoms with Gasteiger partial charge in [0, 0.05) is 23.7 Å². The summed E-state index contributed by atoms with van der Waals surface area (Å²) in [6, 6.07) is 0. The van der Waals surface area contributed by atoms with Crippen molar-refractivity contribution >= 4 is 46.5 Å². The molecule has 3 saturated carbocycles. The Morgan fingerprint density at radius 3 is 2.56 bits per heavy atom. The Hall–Kier alpha value is -1.46. The van der Waals surface area contributed by atoms with E-state index >= 15 is 0 Å². The molecule has 0 saturated heterocycles. The van der Waals surface area contributed by atoms with Gasteiger partial charge in [0.2, 0.25) is 0 Å². The first-order chi connectivity index (χ1) is 15.0. The van der Waals surface area contributed by atoms with Crippen molar-refractivity contribution in [2.75, 3.05) is 5.88 Å². The quantitative estimate of drug-likeness (QED) is 0.419. The first-order valence-corrected chi connectivity index (χ1v) is 12.4. The molecule has 4 aliphatic carbocycles. The van der Waals surface area contributed by atoms with Crippen LogP contribution in [0, 0.1) is 22.7 Å². The Kier molecular flexibility index (Phi) is 5.77. The van der Waals surface area contributed by atoms with Crippen molar-refractivity contribution in [1.29, 1.82) is 0 Å². The van der Waals surface area contributed by atoms with Gasteiger partial charge in [0.05, 0.1) is 5.88 Å². The van der Waals surface area contributed by atoms with Crippen LogP contribution in [-0.4, -0.2) is 39.7 Å². The lowest BCUT2D eigenvalue weighted by molar-refractivity contribution is -0.188. The van der Waals surface area contributed by atoms with Crippen molar-refractivity contribution in [3.8, 4) is 0 Å². The molecule has 0 radical (unpaired) electrons. The number of alkyl halides is 2. The van der Waals surface area contributed by atoms with E-state index < -0.39 is 27.3 Å². The lowest BCUT2D eigenvalue weighted by Crippen LogP contribution is -2.67. The molecule has 0 aromatic heterocycles.